The van der Waals surface area contributed by atoms with Crippen LogP contribution < -0.4 is 0 Å². The van der Waals surface area contributed by atoms with E-state index in [1.807, 2.05) is 19.9 Å². The zero-order valence-electron chi connectivity index (χ0n) is 14.3. The van der Waals surface area contributed by atoms with Gasteiger partial charge in [0.05, 0.1) is 0 Å². The van der Waals surface area contributed by atoms with E-state index in [1.165, 1.54) is 23.1 Å². The average Bonchev–Trinajstić information content (AvgIpc) is 2.49. The Morgan fingerprint density at radius 2 is 1.65 bits per heavy atom. The Morgan fingerprint density at radius 1 is 1.15 bits per heavy atom. The first kappa shape index (κ1) is 21.4. The van der Waals surface area contributed by atoms with Crippen LogP contribution in [0.15, 0.2) is 48.1 Å². The minimum Gasteiger partial charge on any atom is -0.172 e. The highest BCUT2D eigenvalue weighted by atomic mass is 32.1. The van der Waals surface area contributed by atoms with Crippen molar-refractivity contribution in [3.05, 3.63) is 53.6 Å². The number of hydrogen-bond acceptors (Lipinski definition) is 1. The minimum atomic E-state index is 0.324. The molecular weight excluding hydrogens is 260 g/mol. The summed E-state index contributed by atoms with van der Waals surface area (Å²) in [5, 5.41) is 0.324. The molecule has 0 aromatic heterocycles. The first-order valence-corrected chi connectivity index (χ1v) is 8.06. The lowest BCUT2D eigenvalue weighted by atomic mass is 10.1. The molecule has 0 nitrogen and oxygen atoms in total. The van der Waals surface area contributed by atoms with Gasteiger partial charge in [0.1, 0.15) is 0 Å². The highest BCUT2D eigenvalue weighted by Gasteiger charge is 1.94. The molecule has 20 heavy (non-hydrogen) atoms. The molecule has 1 aromatic carbocycles. The maximum Gasteiger partial charge on any atom is 0.0174 e. The van der Waals surface area contributed by atoms with Crippen LogP contribution in [0.1, 0.15) is 60.5 Å². The smallest absolute Gasteiger partial charge is 0.0174 e. The standard InChI is InChI=1S/C11H14S.C6H12.C2H6/c1-9(8-10(2)12)11-6-4-3-5-7-11;1-4-6(3)5-2;1-2/h3-8,10,12H,1-2H3;4H,5H2,1-3H3;1-2H3/b9-8+;6-4-;. The lowest BCUT2D eigenvalue weighted by Gasteiger charge is -2.02. The fourth-order valence-corrected chi connectivity index (χ4v) is 1.59. The Labute approximate surface area is 132 Å². The van der Waals surface area contributed by atoms with Crippen LogP contribution in [-0.4, -0.2) is 5.25 Å². The van der Waals surface area contributed by atoms with E-state index >= 15 is 0 Å². The van der Waals surface area contributed by atoms with Gasteiger partial charge in [0.25, 0.3) is 0 Å². The second-order valence-corrected chi connectivity index (χ2v) is 5.26. The van der Waals surface area contributed by atoms with E-state index in [0.717, 1.165) is 0 Å². The van der Waals surface area contributed by atoms with Gasteiger partial charge in [-0.25, -0.2) is 0 Å². The van der Waals surface area contributed by atoms with Gasteiger partial charge in [-0.05, 0) is 45.3 Å². The van der Waals surface area contributed by atoms with Crippen LogP contribution in [0.5, 0.6) is 0 Å². The van der Waals surface area contributed by atoms with Gasteiger partial charge in [-0.1, -0.05) is 68.8 Å². The molecular formula is C19H32S. The monoisotopic (exact) mass is 292 g/mol. The molecule has 0 spiro atoms. The maximum absolute atomic E-state index is 4.31. The van der Waals surface area contributed by atoms with Gasteiger partial charge in [-0.15, -0.1) is 0 Å². The molecule has 114 valence electrons. The molecule has 0 fully saturated rings. The normalized spacial score (nSPS) is 12.6. The van der Waals surface area contributed by atoms with Crippen LogP contribution in [0.2, 0.25) is 0 Å². The van der Waals surface area contributed by atoms with E-state index in [1.54, 1.807) is 0 Å². The van der Waals surface area contributed by atoms with Crippen LogP contribution in [0.3, 0.4) is 0 Å². The summed E-state index contributed by atoms with van der Waals surface area (Å²) < 4.78 is 0. The predicted molar refractivity (Wildman–Crippen MR) is 99.6 cm³/mol. The molecule has 0 N–H and O–H groups in total. The Hall–Kier alpha value is -0.950. The average molecular weight is 293 g/mol. The van der Waals surface area contributed by atoms with Crippen LogP contribution in [0.25, 0.3) is 5.57 Å². The molecule has 0 bridgehead atoms. The van der Waals surface area contributed by atoms with E-state index in [4.69, 9.17) is 0 Å². The number of benzene rings is 1. The lowest BCUT2D eigenvalue weighted by Crippen LogP contribution is -1.86. The van der Waals surface area contributed by atoms with E-state index in [0.29, 0.717) is 5.25 Å². The Kier molecular flexibility index (Phi) is 15.4. The molecule has 1 atom stereocenters. The molecule has 0 saturated heterocycles. The minimum absolute atomic E-state index is 0.324. The lowest BCUT2D eigenvalue weighted by molar-refractivity contribution is 1.09. The van der Waals surface area contributed by atoms with Gasteiger partial charge < -0.3 is 0 Å². The maximum atomic E-state index is 4.31. The Bertz CT molecular complexity index is 372. The van der Waals surface area contributed by atoms with Gasteiger partial charge in [0.15, 0.2) is 0 Å². The third-order valence-electron chi connectivity index (χ3n) is 2.77. The van der Waals surface area contributed by atoms with Crippen LogP contribution in [0.4, 0.5) is 0 Å². The number of rotatable bonds is 3. The third kappa shape index (κ3) is 12.1. The Balaban J connectivity index is 0. The molecule has 0 aliphatic carbocycles. The van der Waals surface area contributed by atoms with E-state index < -0.39 is 0 Å². The summed E-state index contributed by atoms with van der Waals surface area (Å²) in [5.41, 5.74) is 4.03. The number of allylic oxidation sites excluding steroid dienone is 3. The zero-order valence-corrected chi connectivity index (χ0v) is 15.2. The van der Waals surface area contributed by atoms with E-state index in [9.17, 15) is 0 Å². The molecule has 1 rings (SSSR count). The zero-order chi connectivity index (χ0) is 16.0. The van der Waals surface area contributed by atoms with Gasteiger partial charge in [-0.2, -0.15) is 12.6 Å². The van der Waals surface area contributed by atoms with Crippen molar-refractivity contribution in [2.75, 3.05) is 0 Å². The highest BCUT2D eigenvalue weighted by Crippen LogP contribution is 2.14. The summed E-state index contributed by atoms with van der Waals surface area (Å²) >= 11 is 4.31. The Morgan fingerprint density at radius 3 is 1.95 bits per heavy atom. The fourth-order valence-electron chi connectivity index (χ4n) is 1.36. The number of hydrogen-bond donors (Lipinski definition) is 1. The van der Waals surface area contributed by atoms with Gasteiger partial charge in [0.2, 0.25) is 0 Å². The molecule has 1 heteroatoms. The second-order valence-electron chi connectivity index (χ2n) is 4.44. The van der Waals surface area contributed by atoms with Crippen molar-refractivity contribution in [2.24, 2.45) is 0 Å². The molecule has 0 aliphatic rings. The van der Waals surface area contributed by atoms with Gasteiger partial charge in [0, 0.05) is 5.25 Å². The highest BCUT2D eigenvalue weighted by molar-refractivity contribution is 7.81. The fraction of sp³-hybridized carbons (Fsp3) is 0.474. The molecule has 0 amide bonds. The summed E-state index contributed by atoms with van der Waals surface area (Å²) in [5.74, 6) is 0. The van der Waals surface area contributed by atoms with Crippen molar-refractivity contribution in [1.29, 1.82) is 0 Å². The largest absolute Gasteiger partial charge is 0.172 e. The summed E-state index contributed by atoms with van der Waals surface area (Å²) in [6, 6.07) is 10.4. The van der Waals surface area contributed by atoms with Crippen molar-refractivity contribution in [1.82, 2.24) is 0 Å². The van der Waals surface area contributed by atoms with Crippen molar-refractivity contribution in [3.8, 4) is 0 Å². The van der Waals surface area contributed by atoms with Gasteiger partial charge in [-0.3, -0.25) is 0 Å². The molecule has 0 saturated carbocycles. The van der Waals surface area contributed by atoms with Gasteiger partial charge >= 0.3 is 0 Å². The first-order valence-electron chi connectivity index (χ1n) is 7.54. The van der Waals surface area contributed by atoms with Crippen molar-refractivity contribution >= 4 is 18.2 Å². The van der Waals surface area contributed by atoms with Crippen molar-refractivity contribution in [2.45, 2.75) is 60.1 Å². The second kappa shape index (κ2) is 14.5. The van der Waals surface area contributed by atoms with E-state index in [2.05, 4.69) is 83.7 Å². The third-order valence-corrected chi connectivity index (χ3v) is 2.92. The van der Waals surface area contributed by atoms with Crippen LogP contribution in [-0.2, 0) is 0 Å². The summed E-state index contributed by atoms with van der Waals surface area (Å²) in [6.07, 6.45) is 5.48. The molecule has 1 aromatic rings. The summed E-state index contributed by atoms with van der Waals surface area (Å²) in [6.45, 7) is 14.5. The summed E-state index contributed by atoms with van der Waals surface area (Å²) in [4.78, 5) is 0. The number of thiol groups is 1. The predicted octanol–water partition coefficient (Wildman–Crippen LogP) is 6.80. The summed E-state index contributed by atoms with van der Waals surface area (Å²) in [7, 11) is 0. The quantitative estimate of drug-likeness (QED) is 0.460. The molecule has 1 unspecified atom stereocenters. The molecule has 0 heterocycles. The van der Waals surface area contributed by atoms with Crippen molar-refractivity contribution in [3.63, 3.8) is 0 Å². The van der Waals surface area contributed by atoms with E-state index in [-0.39, 0.29) is 0 Å². The topological polar surface area (TPSA) is 0 Å². The molecule has 0 radical (unpaired) electrons. The SMILES string of the molecule is C/C(=C\C(C)S)c1ccccc1.C/C=C(/C)CC.CC. The van der Waals surface area contributed by atoms with Crippen LogP contribution in [0, 0.1) is 0 Å². The van der Waals surface area contributed by atoms with Crippen LogP contribution >= 0.6 is 12.6 Å². The molecule has 0 aliphatic heterocycles. The first-order chi connectivity index (χ1) is 9.51. The van der Waals surface area contributed by atoms with Crippen molar-refractivity contribution < 1.29 is 0 Å².